The molecule has 2 atom stereocenters. The Kier molecular flexibility index (Phi) is 6.22. The van der Waals surface area contributed by atoms with E-state index in [9.17, 15) is 13.2 Å². The normalized spacial score (nSPS) is 14.0. The van der Waals surface area contributed by atoms with Crippen molar-refractivity contribution in [3.8, 4) is 5.75 Å². The molecule has 0 aliphatic heterocycles. The van der Waals surface area contributed by atoms with Crippen LogP contribution in [0.1, 0.15) is 27.2 Å². The first-order valence-corrected chi connectivity index (χ1v) is 8.99. The van der Waals surface area contributed by atoms with E-state index in [4.69, 9.17) is 4.74 Å². The lowest BCUT2D eigenvalue weighted by atomic mass is 10.2. The molecule has 0 bridgehead atoms. The summed E-state index contributed by atoms with van der Waals surface area (Å²) in [6.45, 7) is 5.40. The van der Waals surface area contributed by atoms with Crippen LogP contribution in [0.3, 0.4) is 0 Å². The van der Waals surface area contributed by atoms with Gasteiger partial charge in [0.2, 0.25) is 15.9 Å². The minimum Gasteiger partial charge on any atom is -0.497 e. The molecule has 1 amide bonds. The van der Waals surface area contributed by atoms with Gasteiger partial charge in [-0.2, -0.15) is 0 Å². The van der Waals surface area contributed by atoms with Gasteiger partial charge in [-0.25, -0.2) is 8.42 Å². The molecule has 22 heavy (non-hydrogen) atoms. The Labute approximate surface area is 132 Å². The number of hydrogen-bond donors (Lipinski definition) is 1. The Balaban J connectivity index is 3.10. The number of nitrogens with one attached hydrogen (secondary N) is 1. The number of amides is 1. The number of hydrogen-bond acceptors (Lipinski definition) is 4. The zero-order valence-corrected chi connectivity index (χ0v) is 14.5. The van der Waals surface area contributed by atoms with E-state index in [1.54, 1.807) is 31.2 Å². The molecule has 0 radical (unpaired) electrons. The third-order valence-corrected chi connectivity index (χ3v) is 4.66. The molecule has 1 rings (SSSR count). The maximum absolute atomic E-state index is 12.3. The van der Waals surface area contributed by atoms with E-state index in [0.29, 0.717) is 11.4 Å². The monoisotopic (exact) mass is 328 g/mol. The highest BCUT2D eigenvalue weighted by molar-refractivity contribution is 7.92. The number of anilines is 1. The van der Waals surface area contributed by atoms with Gasteiger partial charge in [0.15, 0.2) is 0 Å². The fraction of sp³-hybridized carbons (Fsp3) is 0.533. The highest BCUT2D eigenvalue weighted by Gasteiger charge is 2.29. The van der Waals surface area contributed by atoms with Gasteiger partial charge in [-0.15, -0.1) is 0 Å². The number of nitrogens with zero attached hydrogens (tertiary/aromatic N) is 1. The van der Waals surface area contributed by atoms with Crippen LogP contribution in [-0.2, 0) is 14.8 Å². The molecule has 0 aliphatic carbocycles. The Morgan fingerprint density at radius 3 is 2.23 bits per heavy atom. The van der Waals surface area contributed by atoms with Crippen LogP contribution in [0.25, 0.3) is 0 Å². The lowest BCUT2D eigenvalue weighted by Crippen LogP contribution is -2.49. The maximum Gasteiger partial charge on any atom is 0.243 e. The SMILES string of the molecule is CC[C@H](C)NC(=O)[C@@H](C)N(c1ccc(OC)cc1)S(C)(=O)=O. The summed E-state index contributed by atoms with van der Waals surface area (Å²) in [5.74, 6) is 0.296. The molecule has 0 heterocycles. The predicted octanol–water partition coefficient (Wildman–Crippen LogP) is 1.76. The Morgan fingerprint density at radius 2 is 1.82 bits per heavy atom. The van der Waals surface area contributed by atoms with E-state index >= 15 is 0 Å². The minimum absolute atomic E-state index is 0.00720. The van der Waals surface area contributed by atoms with Gasteiger partial charge in [0.1, 0.15) is 11.8 Å². The number of sulfonamides is 1. The average Bonchev–Trinajstić information content (AvgIpc) is 2.46. The van der Waals surface area contributed by atoms with Crippen LogP contribution in [0.5, 0.6) is 5.75 Å². The molecule has 0 saturated carbocycles. The standard InChI is InChI=1S/C15H24N2O4S/c1-6-11(2)16-15(18)12(3)17(22(5,19)20)13-7-9-14(21-4)10-8-13/h7-12H,6H2,1-5H3,(H,16,18)/t11-,12+/m0/s1. The van der Waals surface area contributed by atoms with E-state index in [1.807, 2.05) is 13.8 Å². The first kappa shape index (κ1) is 18.3. The summed E-state index contributed by atoms with van der Waals surface area (Å²) in [5, 5.41) is 2.80. The molecule has 0 fully saturated rings. The van der Waals surface area contributed by atoms with Crippen molar-refractivity contribution in [1.82, 2.24) is 5.32 Å². The van der Waals surface area contributed by atoms with Gasteiger partial charge in [0.25, 0.3) is 0 Å². The molecule has 7 heteroatoms. The lowest BCUT2D eigenvalue weighted by Gasteiger charge is -2.29. The second kappa shape index (κ2) is 7.49. The quantitative estimate of drug-likeness (QED) is 0.827. The Morgan fingerprint density at radius 1 is 1.27 bits per heavy atom. The number of carbonyl (C=O) groups excluding carboxylic acids is 1. The molecule has 0 aliphatic rings. The van der Waals surface area contributed by atoms with Crippen LogP contribution in [0.15, 0.2) is 24.3 Å². The molecular formula is C15H24N2O4S. The Hall–Kier alpha value is -1.76. The molecule has 1 aromatic carbocycles. The smallest absolute Gasteiger partial charge is 0.243 e. The summed E-state index contributed by atoms with van der Waals surface area (Å²) >= 11 is 0. The highest BCUT2D eigenvalue weighted by atomic mass is 32.2. The summed E-state index contributed by atoms with van der Waals surface area (Å²) in [4.78, 5) is 12.3. The molecule has 0 spiro atoms. The number of methoxy groups -OCH3 is 1. The minimum atomic E-state index is -3.59. The average molecular weight is 328 g/mol. The summed E-state index contributed by atoms with van der Waals surface area (Å²) < 4.78 is 30.4. The van der Waals surface area contributed by atoms with Crippen molar-refractivity contribution in [2.45, 2.75) is 39.3 Å². The topological polar surface area (TPSA) is 75.7 Å². The molecule has 1 aromatic rings. The Bertz CT molecular complexity index is 598. The third kappa shape index (κ3) is 4.62. The zero-order chi connectivity index (χ0) is 16.9. The van der Waals surface area contributed by atoms with Crippen LogP contribution in [-0.4, -0.2) is 39.8 Å². The number of ether oxygens (including phenoxy) is 1. The van der Waals surface area contributed by atoms with Crippen molar-refractivity contribution in [2.75, 3.05) is 17.7 Å². The predicted molar refractivity (Wildman–Crippen MR) is 87.7 cm³/mol. The summed E-state index contributed by atoms with van der Waals surface area (Å²) in [7, 11) is -2.06. The molecule has 0 unspecified atom stereocenters. The van der Waals surface area contributed by atoms with E-state index < -0.39 is 16.1 Å². The van der Waals surface area contributed by atoms with E-state index in [0.717, 1.165) is 17.0 Å². The first-order valence-electron chi connectivity index (χ1n) is 7.14. The summed E-state index contributed by atoms with van der Waals surface area (Å²) in [5.41, 5.74) is 0.426. The number of rotatable bonds is 7. The summed E-state index contributed by atoms with van der Waals surface area (Å²) in [6.07, 6.45) is 1.87. The molecule has 0 aromatic heterocycles. The van der Waals surface area contributed by atoms with E-state index in [1.165, 1.54) is 7.11 Å². The van der Waals surface area contributed by atoms with Crippen LogP contribution in [0.2, 0.25) is 0 Å². The van der Waals surface area contributed by atoms with Gasteiger partial charge >= 0.3 is 0 Å². The third-order valence-electron chi connectivity index (χ3n) is 3.42. The fourth-order valence-electron chi connectivity index (χ4n) is 2.00. The number of carbonyl (C=O) groups is 1. The van der Waals surface area contributed by atoms with Crippen LogP contribution >= 0.6 is 0 Å². The zero-order valence-electron chi connectivity index (χ0n) is 13.7. The van der Waals surface area contributed by atoms with Gasteiger partial charge in [-0.05, 0) is 44.5 Å². The van der Waals surface area contributed by atoms with E-state index in [2.05, 4.69) is 5.32 Å². The van der Waals surface area contributed by atoms with Crippen molar-refractivity contribution in [1.29, 1.82) is 0 Å². The van der Waals surface area contributed by atoms with Crippen LogP contribution in [0, 0.1) is 0 Å². The van der Waals surface area contributed by atoms with Gasteiger partial charge in [-0.3, -0.25) is 9.10 Å². The molecule has 1 N–H and O–H groups in total. The van der Waals surface area contributed by atoms with Gasteiger partial charge in [0.05, 0.1) is 19.1 Å². The molecular weight excluding hydrogens is 304 g/mol. The first-order chi connectivity index (χ1) is 10.2. The van der Waals surface area contributed by atoms with Crippen molar-refractivity contribution < 1.29 is 17.9 Å². The summed E-state index contributed by atoms with van der Waals surface area (Å²) in [6, 6.07) is 5.71. The van der Waals surface area contributed by atoms with Crippen molar-refractivity contribution in [3.63, 3.8) is 0 Å². The second-order valence-corrected chi connectivity index (χ2v) is 7.11. The van der Waals surface area contributed by atoms with Crippen LogP contribution < -0.4 is 14.4 Å². The van der Waals surface area contributed by atoms with Crippen molar-refractivity contribution in [2.24, 2.45) is 0 Å². The maximum atomic E-state index is 12.3. The van der Waals surface area contributed by atoms with Crippen LogP contribution in [0.4, 0.5) is 5.69 Å². The van der Waals surface area contributed by atoms with E-state index in [-0.39, 0.29) is 11.9 Å². The molecule has 0 saturated heterocycles. The largest absolute Gasteiger partial charge is 0.497 e. The van der Waals surface area contributed by atoms with Crippen molar-refractivity contribution >= 4 is 21.6 Å². The number of benzene rings is 1. The van der Waals surface area contributed by atoms with Gasteiger partial charge < -0.3 is 10.1 Å². The van der Waals surface area contributed by atoms with Gasteiger partial charge in [0, 0.05) is 6.04 Å². The second-order valence-electron chi connectivity index (χ2n) is 5.25. The highest BCUT2D eigenvalue weighted by Crippen LogP contribution is 2.23. The van der Waals surface area contributed by atoms with Gasteiger partial charge in [-0.1, -0.05) is 6.92 Å². The lowest BCUT2D eigenvalue weighted by molar-refractivity contribution is -0.122. The fourth-order valence-corrected chi connectivity index (χ4v) is 3.18. The molecule has 124 valence electrons. The van der Waals surface area contributed by atoms with Crippen molar-refractivity contribution in [3.05, 3.63) is 24.3 Å². The molecule has 6 nitrogen and oxygen atoms in total.